The Balaban J connectivity index is 2.05. The molecule has 21 heavy (non-hydrogen) atoms. The predicted molar refractivity (Wildman–Crippen MR) is 77.8 cm³/mol. The molecule has 3 N–H and O–H groups in total. The number of phenolic OH excluding ortho intramolecular Hbond substituents is 1. The molecule has 1 amide bonds. The molecule has 1 aromatic carbocycles. The van der Waals surface area contributed by atoms with E-state index in [1.54, 1.807) is 19.9 Å². The van der Waals surface area contributed by atoms with E-state index in [0.29, 0.717) is 21.8 Å². The number of carboxylic acid groups (broad SMARTS) is 1. The van der Waals surface area contributed by atoms with Gasteiger partial charge in [-0.2, -0.15) is 0 Å². The van der Waals surface area contributed by atoms with Crippen LogP contribution in [0.5, 0.6) is 5.75 Å². The van der Waals surface area contributed by atoms with Crippen molar-refractivity contribution in [2.24, 2.45) is 0 Å². The summed E-state index contributed by atoms with van der Waals surface area (Å²) in [5.41, 5.74) is 1.48. The summed E-state index contributed by atoms with van der Waals surface area (Å²) in [7, 11) is 0. The van der Waals surface area contributed by atoms with Crippen LogP contribution in [0.15, 0.2) is 18.2 Å². The highest BCUT2D eigenvalue weighted by molar-refractivity contribution is 7.13. The van der Waals surface area contributed by atoms with E-state index in [-0.39, 0.29) is 23.1 Å². The van der Waals surface area contributed by atoms with Crippen LogP contribution in [0.3, 0.4) is 0 Å². The van der Waals surface area contributed by atoms with Crippen LogP contribution in [0.4, 0.5) is 0 Å². The van der Waals surface area contributed by atoms with Crippen molar-refractivity contribution in [1.29, 1.82) is 0 Å². The summed E-state index contributed by atoms with van der Waals surface area (Å²) in [6, 6.07) is 4.56. The molecule has 0 saturated carbocycles. The van der Waals surface area contributed by atoms with E-state index in [2.05, 4.69) is 10.3 Å². The van der Waals surface area contributed by atoms with Crippen molar-refractivity contribution in [2.75, 3.05) is 0 Å². The van der Waals surface area contributed by atoms with Gasteiger partial charge in [0.1, 0.15) is 15.6 Å². The highest BCUT2D eigenvalue weighted by Gasteiger charge is 2.14. The fraction of sp³-hybridized carbons (Fsp3) is 0.214. The van der Waals surface area contributed by atoms with Crippen LogP contribution in [-0.2, 0) is 6.54 Å². The molecule has 6 nitrogen and oxygen atoms in total. The van der Waals surface area contributed by atoms with Gasteiger partial charge in [0.15, 0.2) is 0 Å². The molecule has 0 fully saturated rings. The van der Waals surface area contributed by atoms with Crippen molar-refractivity contribution in [2.45, 2.75) is 20.4 Å². The molecule has 0 atom stereocenters. The van der Waals surface area contributed by atoms with Gasteiger partial charge >= 0.3 is 5.97 Å². The molecule has 0 unspecified atom stereocenters. The molecule has 0 saturated heterocycles. The van der Waals surface area contributed by atoms with Crippen molar-refractivity contribution in [3.63, 3.8) is 0 Å². The monoisotopic (exact) mass is 306 g/mol. The van der Waals surface area contributed by atoms with Crippen LogP contribution in [0.25, 0.3) is 0 Å². The second-order valence-corrected chi connectivity index (χ2v) is 5.59. The number of rotatable bonds is 4. The average molecular weight is 306 g/mol. The largest absolute Gasteiger partial charge is 0.508 e. The number of nitrogens with zero attached hydrogens (tertiary/aromatic N) is 1. The summed E-state index contributed by atoms with van der Waals surface area (Å²) in [6.07, 6.45) is 0. The second kappa shape index (κ2) is 5.92. The van der Waals surface area contributed by atoms with Crippen LogP contribution in [0, 0.1) is 13.8 Å². The molecule has 2 rings (SSSR count). The summed E-state index contributed by atoms with van der Waals surface area (Å²) in [5.74, 6) is -1.19. The van der Waals surface area contributed by atoms with E-state index in [9.17, 15) is 14.7 Å². The third-order valence-electron chi connectivity index (χ3n) is 2.89. The van der Waals surface area contributed by atoms with Crippen LogP contribution in [0.1, 0.15) is 36.3 Å². The van der Waals surface area contributed by atoms with E-state index in [0.717, 1.165) is 11.3 Å². The second-order valence-electron chi connectivity index (χ2n) is 4.51. The number of carboxylic acids is 1. The summed E-state index contributed by atoms with van der Waals surface area (Å²) in [4.78, 5) is 27.2. The molecule has 0 aliphatic rings. The highest BCUT2D eigenvalue weighted by atomic mass is 32.1. The minimum atomic E-state index is -1.02. The van der Waals surface area contributed by atoms with Gasteiger partial charge in [-0.15, -0.1) is 11.3 Å². The van der Waals surface area contributed by atoms with Crippen LogP contribution < -0.4 is 5.32 Å². The van der Waals surface area contributed by atoms with Gasteiger partial charge in [-0.05, 0) is 37.6 Å². The number of thiazole rings is 1. The highest BCUT2D eigenvalue weighted by Crippen LogP contribution is 2.19. The number of aryl methyl sites for hydroxylation is 2. The molecule has 110 valence electrons. The van der Waals surface area contributed by atoms with E-state index in [1.807, 2.05) is 0 Å². The first-order valence-corrected chi connectivity index (χ1v) is 6.97. The first kappa shape index (κ1) is 15.0. The number of carbonyl (C=O) groups is 2. The number of hydrogen-bond donors (Lipinski definition) is 3. The Kier molecular flexibility index (Phi) is 4.23. The fourth-order valence-corrected chi connectivity index (χ4v) is 2.62. The van der Waals surface area contributed by atoms with E-state index in [4.69, 9.17) is 5.11 Å². The fourth-order valence-electron chi connectivity index (χ4n) is 1.78. The van der Waals surface area contributed by atoms with Gasteiger partial charge in [-0.3, -0.25) is 4.79 Å². The van der Waals surface area contributed by atoms with Gasteiger partial charge in [0.2, 0.25) is 0 Å². The maximum Gasteiger partial charge on any atom is 0.347 e. The Bertz CT molecular complexity index is 709. The molecular formula is C14H14N2O4S. The smallest absolute Gasteiger partial charge is 0.347 e. The zero-order chi connectivity index (χ0) is 15.6. The lowest BCUT2D eigenvalue weighted by Crippen LogP contribution is -2.22. The van der Waals surface area contributed by atoms with Gasteiger partial charge in [0.05, 0.1) is 12.2 Å². The quantitative estimate of drug-likeness (QED) is 0.803. The number of phenols is 1. The summed E-state index contributed by atoms with van der Waals surface area (Å²) in [6.45, 7) is 3.49. The van der Waals surface area contributed by atoms with Gasteiger partial charge in [0, 0.05) is 5.56 Å². The maximum atomic E-state index is 12.0. The SMILES string of the molecule is Cc1cc(C(=O)NCc2nc(C)c(C(=O)O)s2)ccc1O. The molecule has 1 heterocycles. The van der Waals surface area contributed by atoms with Gasteiger partial charge in [-0.25, -0.2) is 9.78 Å². The molecule has 1 aromatic heterocycles. The standard InChI is InChI=1S/C14H14N2O4S/c1-7-5-9(3-4-10(7)17)13(18)15-6-11-16-8(2)12(21-11)14(19)20/h3-5,17H,6H2,1-2H3,(H,15,18)(H,19,20). The zero-order valence-corrected chi connectivity index (χ0v) is 12.3. The summed E-state index contributed by atoms with van der Waals surface area (Å²) >= 11 is 1.05. The number of carbonyl (C=O) groups excluding carboxylic acids is 1. The van der Waals surface area contributed by atoms with Crippen molar-refractivity contribution in [1.82, 2.24) is 10.3 Å². The summed E-state index contributed by atoms with van der Waals surface area (Å²) in [5, 5.41) is 21.6. The molecule has 0 radical (unpaired) electrons. The number of aromatic hydroxyl groups is 1. The Morgan fingerprint density at radius 1 is 1.33 bits per heavy atom. The first-order chi connectivity index (χ1) is 9.88. The molecule has 7 heteroatoms. The normalized spacial score (nSPS) is 10.4. The van der Waals surface area contributed by atoms with Crippen LogP contribution in [0.2, 0.25) is 0 Å². The topological polar surface area (TPSA) is 99.5 Å². The van der Waals surface area contributed by atoms with Crippen LogP contribution in [-0.4, -0.2) is 27.1 Å². The minimum Gasteiger partial charge on any atom is -0.508 e. The van der Waals surface area contributed by atoms with Crippen molar-refractivity contribution >= 4 is 23.2 Å². The molecule has 0 bridgehead atoms. The van der Waals surface area contributed by atoms with Crippen molar-refractivity contribution in [3.8, 4) is 5.75 Å². The molecular weight excluding hydrogens is 292 g/mol. The number of nitrogens with one attached hydrogen (secondary N) is 1. The van der Waals surface area contributed by atoms with Crippen molar-refractivity contribution in [3.05, 3.63) is 44.9 Å². The number of benzene rings is 1. The molecule has 0 aliphatic carbocycles. The van der Waals surface area contributed by atoms with E-state index < -0.39 is 5.97 Å². The minimum absolute atomic E-state index is 0.133. The lowest BCUT2D eigenvalue weighted by Gasteiger charge is -2.05. The van der Waals surface area contributed by atoms with E-state index >= 15 is 0 Å². The Labute approximate surface area is 125 Å². The Morgan fingerprint density at radius 3 is 2.62 bits per heavy atom. The predicted octanol–water partition coefficient (Wildman–Crippen LogP) is 2.09. The van der Waals surface area contributed by atoms with Gasteiger partial charge in [-0.1, -0.05) is 0 Å². The number of hydrogen-bond acceptors (Lipinski definition) is 5. The molecule has 2 aromatic rings. The molecule has 0 spiro atoms. The van der Waals surface area contributed by atoms with Gasteiger partial charge < -0.3 is 15.5 Å². The van der Waals surface area contributed by atoms with Crippen molar-refractivity contribution < 1.29 is 19.8 Å². The lowest BCUT2D eigenvalue weighted by atomic mass is 10.1. The third kappa shape index (κ3) is 3.38. The Morgan fingerprint density at radius 2 is 2.05 bits per heavy atom. The Hall–Kier alpha value is -2.41. The van der Waals surface area contributed by atoms with Crippen LogP contribution >= 0.6 is 11.3 Å². The van der Waals surface area contributed by atoms with E-state index in [1.165, 1.54) is 12.1 Å². The number of aromatic nitrogens is 1. The average Bonchev–Trinajstić information content (AvgIpc) is 2.80. The molecule has 0 aliphatic heterocycles. The zero-order valence-electron chi connectivity index (χ0n) is 11.5. The maximum absolute atomic E-state index is 12.0. The summed E-state index contributed by atoms with van der Waals surface area (Å²) < 4.78 is 0. The lowest BCUT2D eigenvalue weighted by molar-refractivity contribution is 0.0701. The third-order valence-corrected chi connectivity index (χ3v) is 4.04. The first-order valence-electron chi connectivity index (χ1n) is 6.16. The number of aromatic carboxylic acids is 1. The van der Waals surface area contributed by atoms with Gasteiger partial charge in [0.25, 0.3) is 5.91 Å². The number of amides is 1.